The summed E-state index contributed by atoms with van der Waals surface area (Å²) in [7, 11) is 0. The number of alkyl halides is 3. The highest BCUT2D eigenvalue weighted by molar-refractivity contribution is 5.55. The minimum Gasteiger partial charge on any atom is -0.324 e. The van der Waals surface area contributed by atoms with Crippen LogP contribution in [-0.2, 0) is 18.0 Å². The quantitative estimate of drug-likeness (QED) is 0.580. The topological polar surface area (TPSA) is 105 Å². The van der Waals surface area contributed by atoms with Gasteiger partial charge in [-0.1, -0.05) is 13.8 Å². The van der Waals surface area contributed by atoms with E-state index in [0.717, 1.165) is 30.0 Å². The first-order chi connectivity index (χ1) is 15.2. The van der Waals surface area contributed by atoms with Gasteiger partial charge in [0.25, 0.3) is 5.95 Å². The third kappa shape index (κ3) is 4.69. The molecule has 0 radical (unpaired) electrons. The molecule has 32 heavy (non-hydrogen) atoms. The molecule has 11 heteroatoms. The highest BCUT2D eigenvalue weighted by Gasteiger charge is 2.46. The first-order valence-corrected chi connectivity index (χ1v) is 10.2. The third-order valence-corrected chi connectivity index (χ3v) is 5.17. The summed E-state index contributed by atoms with van der Waals surface area (Å²) < 4.78 is 39.9. The molecular weight excluding hydrogens is 421 g/mol. The van der Waals surface area contributed by atoms with Crippen molar-refractivity contribution in [2.24, 2.45) is 5.92 Å². The molecule has 1 saturated carbocycles. The number of aromatic nitrogens is 6. The molecular formula is C21H21F3N8. The standard InChI is InChI=1S/C21H21F3N8/c1-13(2)3-4-17-28-18(27-14-5-9-26-16(11-14)20(12-25)7-8-20)30-19(29-17)32-10-6-15(31-32)21(22,23)24/h5-6,9-11,13H,3-4,7-8H2,1-2H3,(H,26,27,28,29,30). The molecule has 0 aliphatic heterocycles. The summed E-state index contributed by atoms with van der Waals surface area (Å²) in [5.74, 6) is 1.01. The number of anilines is 2. The normalized spacial score (nSPS) is 14.9. The van der Waals surface area contributed by atoms with E-state index in [2.05, 4.69) is 50.3 Å². The number of nitrogens with one attached hydrogen (secondary N) is 1. The highest BCUT2D eigenvalue weighted by atomic mass is 19.4. The van der Waals surface area contributed by atoms with Gasteiger partial charge in [-0.05, 0) is 43.4 Å². The number of aryl methyl sites for hydroxylation is 1. The minimum absolute atomic E-state index is 0.0123. The Hall–Kier alpha value is -3.55. The maximum absolute atomic E-state index is 13.0. The Kier molecular flexibility index (Phi) is 5.54. The number of hydrogen-bond donors (Lipinski definition) is 1. The van der Waals surface area contributed by atoms with Gasteiger partial charge >= 0.3 is 6.18 Å². The molecule has 8 nitrogen and oxygen atoms in total. The van der Waals surface area contributed by atoms with Gasteiger partial charge in [-0.15, -0.1) is 0 Å². The molecule has 3 aromatic heterocycles. The van der Waals surface area contributed by atoms with E-state index in [-0.39, 0.29) is 11.9 Å². The van der Waals surface area contributed by atoms with Crippen LogP contribution in [0.1, 0.15) is 50.3 Å². The summed E-state index contributed by atoms with van der Waals surface area (Å²) >= 11 is 0. The van der Waals surface area contributed by atoms with Gasteiger partial charge in [-0.25, -0.2) is 4.68 Å². The Morgan fingerprint density at radius 3 is 2.62 bits per heavy atom. The average Bonchev–Trinajstić information content (AvgIpc) is 3.38. The molecule has 0 amide bonds. The zero-order valence-electron chi connectivity index (χ0n) is 17.6. The largest absolute Gasteiger partial charge is 0.435 e. The van der Waals surface area contributed by atoms with E-state index in [1.807, 2.05) is 0 Å². The molecule has 0 saturated heterocycles. The van der Waals surface area contributed by atoms with Crippen molar-refractivity contribution in [1.29, 1.82) is 5.26 Å². The Morgan fingerprint density at radius 1 is 1.22 bits per heavy atom. The van der Waals surface area contributed by atoms with Crippen molar-refractivity contribution in [2.45, 2.75) is 51.1 Å². The Labute approximate surface area is 182 Å². The molecule has 0 atom stereocenters. The van der Waals surface area contributed by atoms with E-state index in [4.69, 9.17) is 0 Å². The average molecular weight is 442 g/mol. The Bertz CT molecular complexity index is 1160. The minimum atomic E-state index is -4.56. The van der Waals surface area contributed by atoms with Crippen LogP contribution >= 0.6 is 0 Å². The van der Waals surface area contributed by atoms with Crippen LogP contribution in [0, 0.1) is 17.2 Å². The number of pyridine rings is 1. The highest BCUT2D eigenvalue weighted by Crippen LogP contribution is 2.47. The van der Waals surface area contributed by atoms with Gasteiger partial charge in [0.1, 0.15) is 5.82 Å². The fourth-order valence-corrected chi connectivity index (χ4v) is 3.13. The van der Waals surface area contributed by atoms with Gasteiger partial charge in [-0.2, -0.15) is 38.5 Å². The van der Waals surface area contributed by atoms with E-state index in [1.165, 1.54) is 6.20 Å². The van der Waals surface area contributed by atoms with E-state index in [0.29, 0.717) is 29.5 Å². The van der Waals surface area contributed by atoms with Crippen LogP contribution in [0.2, 0.25) is 0 Å². The summed E-state index contributed by atoms with van der Waals surface area (Å²) in [4.78, 5) is 17.3. The lowest BCUT2D eigenvalue weighted by atomic mass is 10.0. The van der Waals surface area contributed by atoms with Gasteiger partial charge in [0.15, 0.2) is 5.69 Å². The summed E-state index contributed by atoms with van der Waals surface area (Å²) in [5, 5.41) is 16.1. The zero-order chi connectivity index (χ0) is 22.9. The van der Waals surface area contributed by atoms with E-state index >= 15 is 0 Å². The van der Waals surface area contributed by atoms with E-state index in [9.17, 15) is 18.4 Å². The molecule has 0 bridgehead atoms. The molecule has 166 valence electrons. The van der Waals surface area contributed by atoms with Crippen molar-refractivity contribution in [3.63, 3.8) is 0 Å². The van der Waals surface area contributed by atoms with Crippen molar-refractivity contribution < 1.29 is 13.2 Å². The molecule has 0 spiro atoms. The Morgan fingerprint density at radius 2 is 2.00 bits per heavy atom. The maximum Gasteiger partial charge on any atom is 0.435 e. The van der Waals surface area contributed by atoms with Crippen molar-refractivity contribution in [3.05, 3.63) is 47.8 Å². The molecule has 1 aliphatic carbocycles. The lowest BCUT2D eigenvalue weighted by molar-refractivity contribution is -0.141. The van der Waals surface area contributed by atoms with Crippen LogP contribution in [-0.4, -0.2) is 29.7 Å². The van der Waals surface area contributed by atoms with Crippen molar-refractivity contribution in [2.75, 3.05) is 5.32 Å². The second kappa shape index (κ2) is 8.18. The summed E-state index contributed by atoms with van der Waals surface area (Å²) in [5.41, 5.74) is -0.282. The predicted molar refractivity (Wildman–Crippen MR) is 109 cm³/mol. The monoisotopic (exact) mass is 442 g/mol. The van der Waals surface area contributed by atoms with E-state index < -0.39 is 17.3 Å². The van der Waals surface area contributed by atoms with Gasteiger partial charge in [0.2, 0.25) is 5.95 Å². The molecule has 0 unspecified atom stereocenters. The predicted octanol–water partition coefficient (Wildman–Crippen LogP) is 4.36. The second-order valence-corrected chi connectivity index (χ2v) is 8.20. The third-order valence-electron chi connectivity index (χ3n) is 5.17. The van der Waals surface area contributed by atoms with Crippen LogP contribution in [0.3, 0.4) is 0 Å². The van der Waals surface area contributed by atoms with Crippen molar-refractivity contribution >= 4 is 11.6 Å². The molecule has 4 rings (SSSR count). The van der Waals surface area contributed by atoms with Gasteiger partial charge in [0, 0.05) is 24.5 Å². The summed E-state index contributed by atoms with van der Waals surface area (Å²) in [6, 6.07) is 6.66. The molecule has 3 aromatic rings. The number of rotatable bonds is 7. The van der Waals surface area contributed by atoms with Gasteiger partial charge in [-0.3, -0.25) is 4.98 Å². The number of hydrogen-bond acceptors (Lipinski definition) is 7. The molecule has 1 aliphatic rings. The maximum atomic E-state index is 13.0. The summed E-state index contributed by atoms with van der Waals surface area (Å²) in [6.45, 7) is 4.12. The number of nitriles is 1. The first kappa shape index (κ1) is 21.7. The molecule has 3 heterocycles. The number of nitrogens with zero attached hydrogens (tertiary/aromatic N) is 7. The lowest BCUT2D eigenvalue weighted by Gasteiger charge is -2.11. The van der Waals surface area contributed by atoms with Crippen molar-refractivity contribution in [3.8, 4) is 12.0 Å². The van der Waals surface area contributed by atoms with Crippen LogP contribution in [0.15, 0.2) is 30.6 Å². The number of halogens is 3. The fraction of sp³-hybridized carbons (Fsp3) is 0.429. The van der Waals surface area contributed by atoms with E-state index in [1.54, 1.807) is 18.3 Å². The first-order valence-electron chi connectivity index (χ1n) is 10.2. The van der Waals surface area contributed by atoms with Crippen LogP contribution in [0.25, 0.3) is 5.95 Å². The van der Waals surface area contributed by atoms with Crippen molar-refractivity contribution in [1.82, 2.24) is 29.7 Å². The molecule has 1 fully saturated rings. The SMILES string of the molecule is CC(C)CCc1nc(Nc2ccnc(C3(C#N)CC3)c2)nc(-n2ccc(C(F)(F)F)n2)n1. The fourth-order valence-electron chi connectivity index (χ4n) is 3.13. The smallest absolute Gasteiger partial charge is 0.324 e. The summed E-state index contributed by atoms with van der Waals surface area (Å²) in [6.07, 6.45) is 1.07. The van der Waals surface area contributed by atoms with Gasteiger partial charge < -0.3 is 5.32 Å². The second-order valence-electron chi connectivity index (χ2n) is 8.20. The van der Waals surface area contributed by atoms with Crippen LogP contribution < -0.4 is 5.32 Å². The lowest BCUT2D eigenvalue weighted by Crippen LogP contribution is -2.13. The molecule has 0 aromatic carbocycles. The van der Waals surface area contributed by atoms with Crippen LogP contribution in [0.5, 0.6) is 0 Å². The van der Waals surface area contributed by atoms with Crippen LogP contribution in [0.4, 0.5) is 24.8 Å². The molecule has 1 N–H and O–H groups in total. The van der Waals surface area contributed by atoms with Gasteiger partial charge in [0.05, 0.1) is 17.2 Å². The Balaban J connectivity index is 1.66. The zero-order valence-corrected chi connectivity index (χ0v) is 17.6.